The van der Waals surface area contributed by atoms with Crippen LogP contribution in [0.2, 0.25) is 0 Å². The van der Waals surface area contributed by atoms with E-state index in [1.54, 1.807) is 16.8 Å². The second-order valence-electron chi connectivity index (χ2n) is 6.41. The summed E-state index contributed by atoms with van der Waals surface area (Å²) in [5, 5.41) is 12.4. The summed E-state index contributed by atoms with van der Waals surface area (Å²) in [5.41, 5.74) is 1.36. The van der Waals surface area contributed by atoms with Crippen molar-refractivity contribution < 1.29 is 9.53 Å². The highest BCUT2D eigenvalue weighted by molar-refractivity contribution is 5.96. The number of carbonyl (C=O) groups excluding carboxylic acids is 1. The molecule has 0 saturated heterocycles. The van der Waals surface area contributed by atoms with Crippen LogP contribution in [0.3, 0.4) is 0 Å². The lowest BCUT2D eigenvalue weighted by Crippen LogP contribution is -2.27. The van der Waals surface area contributed by atoms with Crippen molar-refractivity contribution in [2.75, 3.05) is 6.54 Å². The molecule has 0 aliphatic rings. The molecule has 3 aromatic rings. The van der Waals surface area contributed by atoms with Crippen LogP contribution in [0.25, 0.3) is 5.69 Å². The van der Waals surface area contributed by atoms with Gasteiger partial charge in [0.1, 0.15) is 17.5 Å². The van der Waals surface area contributed by atoms with Gasteiger partial charge in [-0.1, -0.05) is 50.1 Å². The van der Waals surface area contributed by atoms with Crippen LogP contribution in [-0.4, -0.2) is 17.0 Å². The van der Waals surface area contributed by atoms with Gasteiger partial charge >= 0.3 is 0 Å². The maximum absolute atomic E-state index is 12.8. The number of nitriles is 1. The third-order valence-corrected chi connectivity index (χ3v) is 4.38. The molecular formula is C23H23N3O2. The van der Waals surface area contributed by atoms with Crippen LogP contribution in [0.15, 0.2) is 66.9 Å². The van der Waals surface area contributed by atoms with Crippen molar-refractivity contribution in [3.8, 4) is 23.3 Å². The molecule has 0 radical (unpaired) electrons. The molecule has 1 N–H and O–H groups in total. The van der Waals surface area contributed by atoms with Crippen LogP contribution in [0.5, 0.6) is 11.5 Å². The monoisotopic (exact) mass is 373 g/mol. The molecule has 0 atom stereocenters. The average molecular weight is 373 g/mol. The molecule has 28 heavy (non-hydrogen) atoms. The van der Waals surface area contributed by atoms with E-state index in [1.807, 2.05) is 54.6 Å². The van der Waals surface area contributed by atoms with Crippen molar-refractivity contribution in [3.05, 3.63) is 78.1 Å². The minimum Gasteiger partial charge on any atom is -0.455 e. The molecular weight excluding hydrogens is 350 g/mol. The van der Waals surface area contributed by atoms with E-state index in [2.05, 4.69) is 18.3 Å². The van der Waals surface area contributed by atoms with Crippen molar-refractivity contribution in [1.29, 1.82) is 5.26 Å². The molecule has 0 aliphatic carbocycles. The van der Waals surface area contributed by atoms with Crippen LogP contribution in [0, 0.1) is 11.3 Å². The third-order valence-electron chi connectivity index (χ3n) is 4.38. The molecule has 142 valence electrons. The maximum Gasteiger partial charge on any atom is 0.269 e. The molecule has 1 amide bonds. The smallest absolute Gasteiger partial charge is 0.269 e. The fraction of sp³-hybridized carbons (Fsp3) is 0.217. The summed E-state index contributed by atoms with van der Waals surface area (Å²) >= 11 is 0. The second-order valence-corrected chi connectivity index (χ2v) is 6.41. The van der Waals surface area contributed by atoms with Crippen LogP contribution < -0.4 is 10.1 Å². The van der Waals surface area contributed by atoms with E-state index in [1.165, 1.54) is 0 Å². The first-order chi connectivity index (χ1) is 13.7. The van der Waals surface area contributed by atoms with Gasteiger partial charge in [-0.3, -0.25) is 4.79 Å². The van der Waals surface area contributed by atoms with Gasteiger partial charge < -0.3 is 14.6 Å². The Morgan fingerprint density at radius 3 is 2.57 bits per heavy atom. The lowest BCUT2D eigenvalue weighted by Gasteiger charge is -2.15. The van der Waals surface area contributed by atoms with Crippen molar-refractivity contribution in [1.82, 2.24) is 9.88 Å². The first-order valence-corrected chi connectivity index (χ1v) is 9.46. The highest BCUT2D eigenvalue weighted by Gasteiger charge is 2.20. The van der Waals surface area contributed by atoms with Gasteiger partial charge in [-0.15, -0.1) is 0 Å². The fourth-order valence-electron chi connectivity index (χ4n) is 2.97. The van der Waals surface area contributed by atoms with Gasteiger partial charge in [0, 0.05) is 12.7 Å². The molecule has 1 heterocycles. The summed E-state index contributed by atoms with van der Waals surface area (Å²) in [5.74, 6) is 1.05. The summed E-state index contributed by atoms with van der Waals surface area (Å²) in [6.45, 7) is 2.70. The Labute approximate surface area is 165 Å². The number of nitrogens with zero attached hydrogens (tertiary/aromatic N) is 2. The quantitative estimate of drug-likeness (QED) is 0.561. The molecule has 0 fully saturated rings. The lowest BCUT2D eigenvalue weighted by atomic mass is 10.2. The number of ether oxygens (including phenoxy) is 1. The minimum absolute atomic E-state index is 0.257. The van der Waals surface area contributed by atoms with Crippen molar-refractivity contribution >= 4 is 5.91 Å². The lowest BCUT2D eigenvalue weighted by molar-refractivity contribution is 0.0946. The molecule has 5 nitrogen and oxygen atoms in total. The van der Waals surface area contributed by atoms with Crippen molar-refractivity contribution in [2.24, 2.45) is 0 Å². The average Bonchev–Trinajstić information content (AvgIpc) is 3.16. The Hall–Kier alpha value is -3.52. The number of benzene rings is 2. The van der Waals surface area contributed by atoms with Gasteiger partial charge in [-0.2, -0.15) is 5.26 Å². The first kappa shape index (κ1) is 19.2. The van der Waals surface area contributed by atoms with E-state index >= 15 is 0 Å². The van der Waals surface area contributed by atoms with E-state index in [-0.39, 0.29) is 5.91 Å². The minimum atomic E-state index is -0.257. The van der Waals surface area contributed by atoms with Gasteiger partial charge in [0.25, 0.3) is 5.91 Å². The first-order valence-electron chi connectivity index (χ1n) is 9.46. The van der Waals surface area contributed by atoms with Crippen LogP contribution in [0.4, 0.5) is 0 Å². The summed E-state index contributed by atoms with van der Waals surface area (Å²) in [4.78, 5) is 12.8. The zero-order valence-electron chi connectivity index (χ0n) is 15.9. The maximum atomic E-state index is 12.8. The van der Waals surface area contributed by atoms with Gasteiger partial charge in [-0.25, -0.2) is 0 Å². The van der Waals surface area contributed by atoms with Gasteiger partial charge in [0.05, 0.1) is 11.3 Å². The van der Waals surface area contributed by atoms with Crippen LogP contribution in [-0.2, 0) is 0 Å². The number of hydrogen-bond acceptors (Lipinski definition) is 3. The largest absolute Gasteiger partial charge is 0.455 e. The zero-order valence-corrected chi connectivity index (χ0v) is 15.9. The summed E-state index contributed by atoms with van der Waals surface area (Å²) in [7, 11) is 0. The predicted octanol–water partition coefficient (Wildman–Crippen LogP) is 5.06. The topological polar surface area (TPSA) is 67.0 Å². The Bertz CT molecular complexity index is 971. The Morgan fingerprint density at radius 1 is 1.07 bits per heavy atom. The van der Waals surface area contributed by atoms with E-state index in [0.717, 1.165) is 19.3 Å². The highest BCUT2D eigenvalue weighted by atomic mass is 16.5. The Morgan fingerprint density at radius 2 is 1.82 bits per heavy atom. The molecule has 0 aliphatic heterocycles. The number of aromatic nitrogens is 1. The van der Waals surface area contributed by atoms with E-state index in [0.29, 0.717) is 35.0 Å². The number of hydrogen-bond donors (Lipinski definition) is 1. The molecule has 1 aromatic heterocycles. The summed E-state index contributed by atoms with van der Waals surface area (Å²) < 4.78 is 7.73. The van der Waals surface area contributed by atoms with Crippen LogP contribution >= 0.6 is 0 Å². The number of amides is 1. The van der Waals surface area contributed by atoms with Gasteiger partial charge in [0.2, 0.25) is 0 Å². The number of unbranched alkanes of at least 4 members (excludes halogenated alkanes) is 2. The summed E-state index contributed by atoms with van der Waals surface area (Å²) in [6.07, 6.45) is 4.78. The number of nitrogens with one attached hydrogen (secondary N) is 1. The molecule has 2 aromatic carbocycles. The van der Waals surface area contributed by atoms with E-state index in [9.17, 15) is 10.1 Å². The number of para-hydroxylation sites is 3. The van der Waals surface area contributed by atoms with Gasteiger partial charge in [-0.05, 0) is 36.8 Å². The SMILES string of the molecule is CCCCCNC(=O)c1c(C#N)ccn1-c1ccccc1Oc1ccccc1. The Kier molecular flexibility index (Phi) is 6.48. The molecule has 0 spiro atoms. The Balaban J connectivity index is 1.93. The molecule has 0 saturated carbocycles. The molecule has 0 bridgehead atoms. The van der Waals surface area contributed by atoms with Crippen molar-refractivity contribution in [2.45, 2.75) is 26.2 Å². The van der Waals surface area contributed by atoms with E-state index < -0.39 is 0 Å². The molecule has 5 heteroatoms. The number of carbonyl (C=O) groups is 1. The standard InChI is InChI=1S/C23H23N3O2/c1-2-3-9-15-25-23(27)22-18(17-24)14-16-26(22)20-12-7-8-13-21(20)28-19-10-5-4-6-11-19/h4-8,10-14,16H,2-3,9,15H2,1H3,(H,25,27). The molecule has 3 rings (SSSR count). The molecule has 0 unspecified atom stereocenters. The third kappa shape index (κ3) is 4.41. The summed E-state index contributed by atoms with van der Waals surface area (Å²) in [6, 6.07) is 20.7. The second kappa shape index (κ2) is 9.43. The van der Waals surface area contributed by atoms with E-state index in [4.69, 9.17) is 4.74 Å². The normalized spacial score (nSPS) is 10.3. The van der Waals surface area contributed by atoms with Crippen LogP contribution in [0.1, 0.15) is 42.2 Å². The van der Waals surface area contributed by atoms with Gasteiger partial charge in [0.15, 0.2) is 5.75 Å². The number of rotatable bonds is 8. The predicted molar refractivity (Wildman–Crippen MR) is 109 cm³/mol. The fourth-order valence-corrected chi connectivity index (χ4v) is 2.97. The zero-order chi connectivity index (χ0) is 19.8. The van der Waals surface area contributed by atoms with Crippen molar-refractivity contribution in [3.63, 3.8) is 0 Å². The highest BCUT2D eigenvalue weighted by Crippen LogP contribution is 2.30.